The van der Waals surface area contributed by atoms with Crippen molar-refractivity contribution in [3.63, 3.8) is 0 Å². The lowest BCUT2D eigenvalue weighted by Crippen LogP contribution is -2.20. The maximum atomic E-state index is 12.0. The molecule has 1 aliphatic carbocycles. The minimum atomic E-state index is -1.01. The van der Waals surface area contributed by atoms with Gasteiger partial charge in [-0.1, -0.05) is 11.3 Å². The van der Waals surface area contributed by atoms with Gasteiger partial charge in [-0.3, -0.25) is 14.2 Å². The van der Waals surface area contributed by atoms with E-state index in [0.29, 0.717) is 0 Å². The van der Waals surface area contributed by atoms with E-state index in [1.54, 1.807) is 7.11 Å². The van der Waals surface area contributed by atoms with E-state index in [0.717, 1.165) is 51.6 Å². The molecule has 0 bridgehead atoms. The number of fused-ring (bicyclic) bond motifs is 3. The van der Waals surface area contributed by atoms with Gasteiger partial charge in [-0.05, 0) is 36.6 Å². The number of benzene rings is 1. The quantitative estimate of drug-likeness (QED) is 0.935. The summed E-state index contributed by atoms with van der Waals surface area (Å²) < 4.78 is 6.56. The average molecular weight is 291 g/mol. The summed E-state index contributed by atoms with van der Waals surface area (Å²) in [6.07, 6.45) is 1.61. The fourth-order valence-electron chi connectivity index (χ4n) is 2.58. The number of hydrogen-bond acceptors (Lipinski definition) is 4. The van der Waals surface area contributed by atoms with E-state index in [1.165, 1.54) is 4.57 Å². The van der Waals surface area contributed by atoms with Crippen LogP contribution in [0.5, 0.6) is 5.75 Å². The summed E-state index contributed by atoms with van der Waals surface area (Å²) in [4.78, 5) is 23.7. The first-order valence-electron chi connectivity index (χ1n) is 6.21. The molecule has 104 valence electrons. The Morgan fingerprint density at radius 3 is 2.95 bits per heavy atom. The average Bonchev–Trinajstić information content (AvgIpc) is 2.74. The molecule has 1 aromatic heterocycles. The van der Waals surface area contributed by atoms with Gasteiger partial charge >= 0.3 is 10.8 Å². The summed E-state index contributed by atoms with van der Waals surface area (Å²) in [5.41, 5.74) is 2.78. The zero-order valence-electron chi connectivity index (χ0n) is 10.9. The molecule has 5 nitrogen and oxygen atoms in total. The molecule has 0 fully saturated rings. The lowest BCUT2D eigenvalue weighted by Gasteiger charge is -2.18. The first-order valence-corrected chi connectivity index (χ1v) is 7.03. The molecule has 6 heteroatoms. The fourth-order valence-corrected chi connectivity index (χ4v) is 3.58. The van der Waals surface area contributed by atoms with Crippen molar-refractivity contribution in [2.75, 3.05) is 7.11 Å². The maximum Gasteiger partial charge on any atom is 0.323 e. The molecule has 1 aromatic carbocycles. The second-order valence-corrected chi connectivity index (χ2v) is 5.69. The third kappa shape index (κ3) is 2.02. The van der Waals surface area contributed by atoms with Gasteiger partial charge < -0.3 is 9.84 Å². The Labute approximate surface area is 119 Å². The standard InChI is InChI=1S/C14H13NO4S/c1-19-9-3-4-10-8(6-9)2-5-11-13(10)15(7-12(16)17)14(18)20-11/h3-4,6H,2,5,7H2,1H3,(H,16,17). The smallest absolute Gasteiger partial charge is 0.323 e. The van der Waals surface area contributed by atoms with E-state index in [4.69, 9.17) is 9.84 Å². The molecule has 0 spiro atoms. The Balaban J connectivity index is 2.19. The molecule has 2 aromatic rings. The number of carbonyl (C=O) groups is 1. The van der Waals surface area contributed by atoms with Crippen LogP contribution in [0.1, 0.15) is 10.4 Å². The van der Waals surface area contributed by atoms with Crippen molar-refractivity contribution in [3.8, 4) is 17.0 Å². The van der Waals surface area contributed by atoms with Gasteiger partial charge in [0.1, 0.15) is 12.3 Å². The zero-order chi connectivity index (χ0) is 14.3. The number of carboxylic acid groups (broad SMARTS) is 1. The first kappa shape index (κ1) is 12.9. The number of aliphatic carboxylic acids is 1. The largest absolute Gasteiger partial charge is 0.497 e. The predicted octanol–water partition coefficient (Wildman–Crippen LogP) is 1.77. The van der Waals surface area contributed by atoms with Crippen LogP contribution in [0.4, 0.5) is 0 Å². The lowest BCUT2D eigenvalue weighted by atomic mass is 9.93. The van der Waals surface area contributed by atoms with Crippen LogP contribution in [0.25, 0.3) is 11.3 Å². The molecule has 0 atom stereocenters. The maximum absolute atomic E-state index is 12.0. The van der Waals surface area contributed by atoms with E-state index >= 15 is 0 Å². The molecule has 0 amide bonds. The van der Waals surface area contributed by atoms with Gasteiger partial charge in [0.05, 0.1) is 12.8 Å². The van der Waals surface area contributed by atoms with Crippen LogP contribution >= 0.6 is 11.3 Å². The van der Waals surface area contributed by atoms with Crippen LogP contribution in [0, 0.1) is 0 Å². The molecule has 3 rings (SSSR count). The summed E-state index contributed by atoms with van der Waals surface area (Å²) in [7, 11) is 1.61. The van der Waals surface area contributed by atoms with Gasteiger partial charge in [0.25, 0.3) is 0 Å². The summed E-state index contributed by atoms with van der Waals surface area (Å²) >= 11 is 1.15. The van der Waals surface area contributed by atoms with E-state index in [-0.39, 0.29) is 11.4 Å². The molecular weight excluding hydrogens is 278 g/mol. The SMILES string of the molecule is COc1ccc2c(c1)CCc1sc(=O)n(CC(=O)O)c1-2. The van der Waals surface area contributed by atoms with Crippen molar-refractivity contribution in [1.82, 2.24) is 4.57 Å². The summed E-state index contributed by atoms with van der Waals surface area (Å²) in [6, 6.07) is 5.68. The van der Waals surface area contributed by atoms with Crippen LogP contribution in [-0.4, -0.2) is 22.8 Å². The number of carboxylic acids is 1. The third-order valence-corrected chi connectivity index (χ3v) is 4.49. The van der Waals surface area contributed by atoms with Gasteiger partial charge in [-0.2, -0.15) is 0 Å². The minimum absolute atomic E-state index is 0.207. The molecule has 1 aliphatic rings. The summed E-state index contributed by atoms with van der Waals surface area (Å²) in [5, 5.41) is 8.97. The van der Waals surface area contributed by atoms with Gasteiger partial charge in [0, 0.05) is 10.4 Å². The fraction of sp³-hybridized carbons (Fsp3) is 0.286. The molecular formula is C14H13NO4S. The Kier molecular flexibility index (Phi) is 3.10. The predicted molar refractivity (Wildman–Crippen MR) is 75.6 cm³/mol. The van der Waals surface area contributed by atoms with Crippen molar-refractivity contribution >= 4 is 17.3 Å². The monoisotopic (exact) mass is 291 g/mol. The number of methoxy groups -OCH3 is 1. The number of rotatable bonds is 3. The van der Waals surface area contributed by atoms with Crippen LogP contribution in [-0.2, 0) is 24.2 Å². The van der Waals surface area contributed by atoms with Crippen LogP contribution < -0.4 is 9.61 Å². The zero-order valence-corrected chi connectivity index (χ0v) is 11.7. The van der Waals surface area contributed by atoms with Crippen molar-refractivity contribution in [3.05, 3.63) is 38.3 Å². The highest BCUT2D eigenvalue weighted by Gasteiger charge is 2.24. The van der Waals surface area contributed by atoms with Crippen molar-refractivity contribution in [2.45, 2.75) is 19.4 Å². The molecule has 1 N–H and O–H groups in total. The van der Waals surface area contributed by atoms with Gasteiger partial charge in [0.2, 0.25) is 0 Å². The molecule has 0 unspecified atom stereocenters. The molecule has 1 heterocycles. The van der Waals surface area contributed by atoms with E-state index in [1.807, 2.05) is 18.2 Å². The second kappa shape index (κ2) is 4.79. The molecule has 0 radical (unpaired) electrons. The van der Waals surface area contributed by atoms with Crippen LogP contribution in [0.15, 0.2) is 23.0 Å². The minimum Gasteiger partial charge on any atom is -0.497 e. The lowest BCUT2D eigenvalue weighted by molar-refractivity contribution is -0.137. The molecule has 0 aliphatic heterocycles. The van der Waals surface area contributed by atoms with E-state index in [2.05, 4.69) is 0 Å². The van der Waals surface area contributed by atoms with Crippen LogP contribution in [0.3, 0.4) is 0 Å². The normalized spacial score (nSPS) is 12.7. The second-order valence-electron chi connectivity index (χ2n) is 4.64. The highest BCUT2D eigenvalue weighted by molar-refractivity contribution is 7.09. The number of hydrogen-bond donors (Lipinski definition) is 1. The topological polar surface area (TPSA) is 68.5 Å². The van der Waals surface area contributed by atoms with Crippen LogP contribution in [0.2, 0.25) is 0 Å². The van der Waals surface area contributed by atoms with Crippen molar-refractivity contribution < 1.29 is 14.6 Å². The highest BCUT2D eigenvalue weighted by Crippen LogP contribution is 2.36. The van der Waals surface area contributed by atoms with Gasteiger partial charge in [-0.15, -0.1) is 0 Å². The Bertz CT molecular complexity index is 744. The molecule has 0 saturated heterocycles. The van der Waals surface area contributed by atoms with Gasteiger partial charge in [0.15, 0.2) is 0 Å². The number of aryl methyl sites for hydroxylation is 2. The Morgan fingerprint density at radius 2 is 2.25 bits per heavy atom. The Morgan fingerprint density at radius 1 is 1.45 bits per heavy atom. The number of ether oxygens (including phenoxy) is 1. The number of nitrogens with zero attached hydrogens (tertiary/aromatic N) is 1. The van der Waals surface area contributed by atoms with E-state index < -0.39 is 5.97 Å². The summed E-state index contributed by atoms with van der Waals surface area (Å²) in [5.74, 6) is -0.233. The Hall–Kier alpha value is -2.08. The number of thiazole rings is 1. The molecule has 20 heavy (non-hydrogen) atoms. The highest BCUT2D eigenvalue weighted by atomic mass is 32.1. The van der Waals surface area contributed by atoms with E-state index in [9.17, 15) is 9.59 Å². The van der Waals surface area contributed by atoms with Crippen molar-refractivity contribution in [1.29, 1.82) is 0 Å². The van der Waals surface area contributed by atoms with Crippen molar-refractivity contribution in [2.24, 2.45) is 0 Å². The molecule has 0 saturated carbocycles. The summed E-state index contributed by atoms with van der Waals surface area (Å²) in [6.45, 7) is -0.296. The first-order chi connectivity index (χ1) is 9.60. The number of aromatic nitrogens is 1. The third-order valence-electron chi connectivity index (χ3n) is 3.45. The van der Waals surface area contributed by atoms with Gasteiger partial charge in [-0.25, -0.2) is 0 Å².